The summed E-state index contributed by atoms with van der Waals surface area (Å²) in [6, 6.07) is 14.7. The van der Waals surface area contributed by atoms with E-state index >= 15 is 0 Å². The number of aryl methyl sites for hydroxylation is 1. The lowest BCUT2D eigenvalue weighted by Gasteiger charge is -2.35. The van der Waals surface area contributed by atoms with Crippen LogP contribution >= 0.6 is 0 Å². The summed E-state index contributed by atoms with van der Waals surface area (Å²) >= 11 is 0. The number of anilines is 2. The SMILES string of the molecule is NC(=O)c1nn(-c2ccc(CNCC3CCCCN3CCOCCCc3cccc4c3C(=O)N(C3CCC(=O)NC3=O)C4=O)cc2)cc1NC(=O)c1coc(-c2ccnc(NCC(F)(F)F)c2)n1. The summed E-state index contributed by atoms with van der Waals surface area (Å²) in [5, 5.41) is 14.8. The van der Waals surface area contributed by atoms with E-state index in [1.165, 1.54) is 29.2 Å². The summed E-state index contributed by atoms with van der Waals surface area (Å²) in [6.45, 7) is 2.79. The van der Waals surface area contributed by atoms with Crippen molar-refractivity contribution in [3.8, 4) is 17.1 Å². The van der Waals surface area contributed by atoms with Gasteiger partial charge < -0.3 is 30.8 Å². The lowest BCUT2D eigenvalue weighted by Crippen LogP contribution is -2.54. The van der Waals surface area contributed by atoms with E-state index < -0.39 is 54.2 Å². The summed E-state index contributed by atoms with van der Waals surface area (Å²) in [5.74, 6) is -3.83. The molecule has 19 nitrogen and oxygen atoms in total. The van der Waals surface area contributed by atoms with Crippen molar-refractivity contribution >= 4 is 46.9 Å². The van der Waals surface area contributed by atoms with Crippen molar-refractivity contribution in [3.05, 3.63) is 107 Å². The van der Waals surface area contributed by atoms with E-state index in [0.29, 0.717) is 49.9 Å². The summed E-state index contributed by atoms with van der Waals surface area (Å²) < 4.78 is 50.8. The molecule has 0 spiro atoms. The Hall–Kier alpha value is -7.30. The maximum absolute atomic E-state index is 13.4. The Bertz CT molecular complexity index is 2700. The number of primary amides is 1. The van der Waals surface area contributed by atoms with Crippen molar-refractivity contribution in [2.45, 2.75) is 69.8 Å². The van der Waals surface area contributed by atoms with Crippen molar-refractivity contribution in [3.63, 3.8) is 0 Å². The van der Waals surface area contributed by atoms with Crippen molar-refractivity contribution in [1.82, 2.24) is 40.2 Å². The van der Waals surface area contributed by atoms with Gasteiger partial charge in [-0.05, 0) is 80.1 Å². The number of rotatable bonds is 19. The van der Waals surface area contributed by atoms with Crippen molar-refractivity contribution < 1.29 is 51.1 Å². The number of ether oxygens (including phenoxy) is 1. The number of halogens is 3. The number of oxazole rings is 1. The highest BCUT2D eigenvalue weighted by molar-refractivity contribution is 6.24. The van der Waals surface area contributed by atoms with Gasteiger partial charge in [0.25, 0.3) is 23.6 Å². The Balaban J connectivity index is 0.782. The minimum atomic E-state index is -4.45. The number of hydrogen-bond donors (Lipinski definition) is 5. The van der Waals surface area contributed by atoms with Crippen LogP contribution in [0.25, 0.3) is 17.1 Å². The van der Waals surface area contributed by atoms with Crippen molar-refractivity contribution in [2.24, 2.45) is 5.73 Å². The molecule has 3 aliphatic rings. The summed E-state index contributed by atoms with van der Waals surface area (Å²) in [4.78, 5) is 87.6. The van der Waals surface area contributed by atoms with Gasteiger partial charge in [0.2, 0.25) is 17.7 Å². The first-order valence-electron chi connectivity index (χ1n) is 22.1. The molecule has 0 saturated carbocycles. The highest BCUT2D eigenvalue weighted by Gasteiger charge is 2.45. The zero-order valence-corrected chi connectivity index (χ0v) is 36.6. The van der Waals surface area contributed by atoms with Crippen LogP contribution in [0.2, 0.25) is 0 Å². The number of carbonyl (C=O) groups excluding carboxylic acids is 6. The van der Waals surface area contributed by atoms with Gasteiger partial charge in [-0.2, -0.15) is 18.3 Å². The molecule has 2 atom stereocenters. The first-order valence-corrected chi connectivity index (χ1v) is 22.1. The van der Waals surface area contributed by atoms with Crippen LogP contribution in [-0.4, -0.2) is 123 Å². The first-order chi connectivity index (χ1) is 32.7. The largest absolute Gasteiger partial charge is 0.444 e. The number of nitrogens with zero attached hydrogens (tertiary/aromatic N) is 6. The van der Waals surface area contributed by atoms with Gasteiger partial charge in [0.15, 0.2) is 11.4 Å². The van der Waals surface area contributed by atoms with Crippen LogP contribution < -0.4 is 27.0 Å². The van der Waals surface area contributed by atoms with E-state index in [9.17, 15) is 41.9 Å². The van der Waals surface area contributed by atoms with Crippen LogP contribution in [0.3, 0.4) is 0 Å². The number of nitrogens with two attached hydrogens (primary N) is 1. The number of alkyl halides is 3. The van der Waals surface area contributed by atoms with Crippen LogP contribution in [0.4, 0.5) is 24.7 Å². The molecule has 6 amide bonds. The van der Waals surface area contributed by atoms with Crippen LogP contribution in [-0.2, 0) is 27.3 Å². The number of benzene rings is 2. The molecule has 356 valence electrons. The summed E-state index contributed by atoms with van der Waals surface area (Å²) in [7, 11) is 0. The van der Waals surface area contributed by atoms with Crippen LogP contribution in [0, 0.1) is 0 Å². The Morgan fingerprint density at radius 2 is 1.82 bits per heavy atom. The lowest BCUT2D eigenvalue weighted by atomic mass is 9.99. The maximum atomic E-state index is 13.4. The number of aromatic nitrogens is 4. The number of carbonyl (C=O) groups is 6. The highest BCUT2D eigenvalue weighted by atomic mass is 19.4. The van der Waals surface area contributed by atoms with E-state index in [1.54, 1.807) is 12.1 Å². The van der Waals surface area contributed by atoms with Crippen molar-refractivity contribution in [1.29, 1.82) is 0 Å². The molecule has 3 aromatic heterocycles. The van der Waals surface area contributed by atoms with E-state index in [0.717, 1.165) is 61.2 Å². The predicted molar refractivity (Wildman–Crippen MR) is 237 cm³/mol. The zero-order valence-electron chi connectivity index (χ0n) is 36.6. The lowest BCUT2D eigenvalue weighted by molar-refractivity contribution is -0.136. The monoisotopic (exact) mass is 939 g/mol. The Kier molecular flexibility index (Phi) is 14.4. The number of piperidine rings is 2. The van der Waals surface area contributed by atoms with E-state index in [1.807, 2.05) is 30.3 Å². The first kappa shape index (κ1) is 47.2. The van der Waals surface area contributed by atoms with E-state index in [4.69, 9.17) is 14.9 Å². The minimum absolute atomic E-state index is 0.0240. The van der Waals surface area contributed by atoms with Gasteiger partial charge in [0.1, 0.15) is 24.7 Å². The molecule has 2 aromatic carbocycles. The molecule has 5 aromatic rings. The van der Waals surface area contributed by atoms with Crippen LogP contribution in [0.5, 0.6) is 0 Å². The molecule has 6 N–H and O–H groups in total. The fourth-order valence-electron chi connectivity index (χ4n) is 8.50. The van der Waals surface area contributed by atoms with E-state index in [2.05, 4.69) is 41.2 Å². The molecule has 22 heteroatoms. The molecule has 2 fully saturated rings. The molecule has 3 aliphatic heterocycles. The van der Waals surface area contributed by atoms with Gasteiger partial charge in [-0.1, -0.05) is 30.7 Å². The number of hydrogen-bond acceptors (Lipinski definition) is 14. The average Bonchev–Trinajstić information content (AvgIpc) is 4.05. The number of likely N-dealkylation sites (tertiary alicyclic amines) is 1. The van der Waals surface area contributed by atoms with Gasteiger partial charge in [-0.25, -0.2) is 14.6 Å². The molecule has 0 radical (unpaired) electrons. The maximum Gasteiger partial charge on any atom is 0.405 e. The molecular formula is C46H48F3N11O8. The van der Waals surface area contributed by atoms with Gasteiger partial charge in [-0.15, -0.1) is 0 Å². The number of nitrogens with one attached hydrogen (secondary N) is 4. The second-order valence-corrected chi connectivity index (χ2v) is 16.6. The van der Waals surface area contributed by atoms with Gasteiger partial charge >= 0.3 is 6.18 Å². The third kappa shape index (κ3) is 11.1. The molecule has 0 bridgehead atoms. The predicted octanol–water partition coefficient (Wildman–Crippen LogP) is 4.24. The molecule has 68 heavy (non-hydrogen) atoms. The molecule has 2 unspecified atom stereocenters. The van der Waals surface area contributed by atoms with E-state index in [-0.39, 0.29) is 52.8 Å². The molecule has 6 heterocycles. The fraction of sp³-hybridized carbons (Fsp3) is 0.370. The van der Waals surface area contributed by atoms with Gasteiger partial charge in [0, 0.05) is 50.5 Å². The van der Waals surface area contributed by atoms with Gasteiger partial charge in [0.05, 0.1) is 35.3 Å². The molecule has 8 rings (SSSR count). The Morgan fingerprint density at radius 3 is 2.60 bits per heavy atom. The van der Waals surface area contributed by atoms with Crippen molar-refractivity contribution in [2.75, 3.05) is 50.0 Å². The molecule has 0 aliphatic carbocycles. The fourth-order valence-corrected chi connectivity index (χ4v) is 8.50. The quantitative estimate of drug-likeness (QED) is 0.0574. The zero-order chi connectivity index (χ0) is 48.0. The standard InChI is InChI=1S/C46H48F3N11O8/c47-46(48,49)26-53-36-21-29(15-16-52-36)43-55-34(25-68-43)41(63)54-33-24-59(57-39(33)40(50)62)30-11-9-27(10-12-30)22-51-23-31-7-1-2-17-58(31)18-20-67-19-4-6-28-5-3-8-32-38(28)45(66)60(44(32)65)35-13-14-37(61)56-42(35)64/h3,5,8-12,15-16,21,24-25,31,35,51H,1-2,4,6-7,13-14,17-20,22-23,26H2,(H2,50,62)(H,52,53)(H,54,63)(H,56,61,64). The number of imide groups is 2. The Labute approximate surface area is 387 Å². The minimum Gasteiger partial charge on any atom is -0.444 e. The molecular weight excluding hydrogens is 892 g/mol. The second-order valence-electron chi connectivity index (χ2n) is 16.6. The number of pyridine rings is 1. The second kappa shape index (κ2) is 20.7. The average molecular weight is 940 g/mol. The van der Waals surface area contributed by atoms with Crippen LogP contribution in [0.15, 0.2) is 77.7 Å². The molecule has 2 saturated heterocycles. The number of fused-ring (bicyclic) bond motifs is 1. The highest BCUT2D eigenvalue weighted by Crippen LogP contribution is 2.31. The Morgan fingerprint density at radius 1 is 1.00 bits per heavy atom. The topological polar surface area (TPSA) is 249 Å². The van der Waals surface area contributed by atoms with Crippen LogP contribution in [0.1, 0.15) is 91.3 Å². The third-order valence-corrected chi connectivity index (χ3v) is 11.9. The van der Waals surface area contributed by atoms with Gasteiger partial charge in [-0.3, -0.25) is 43.9 Å². The summed E-state index contributed by atoms with van der Waals surface area (Å²) in [5.41, 5.74) is 8.43. The number of amides is 6. The smallest absolute Gasteiger partial charge is 0.405 e. The summed E-state index contributed by atoms with van der Waals surface area (Å²) in [6.07, 6.45) is 3.91. The normalized spacial score (nSPS) is 17.6. The third-order valence-electron chi connectivity index (χ3n) is 11.9.